The van der Waals surface area contributed by atoms with E-state index in [1.165, 1.54) is 0 Å². The van der Waals surface area contributed by atoms with Gasteiger partial charge in [0.1, 0.15) is 0 Å². The smallest absolute Gasteiger partial charge is 0.311 e. The number of rotatable bonds is 4. The molecule has 1 aromatic rings. The molecule has 0 spiro atoms. The van der Waals surface area contributed by atoms with Gasteiger partial charge in [-0.25, -0.2) is 0 Å². The van der Waals surface area contributed by atoms with Crippen molar-refractivity contribution in [2.24, 2.45) is 0 Å². The van der Waals surface area contributed by atoms with Crippen molar-refractivity contribution in [2.75, 3.05) is 0 Å². The molecule has 0 bridgehead atoms. The minimum absolute atomic E-state index is 0.161. The summed E-state index contributed by atoms with van der Waals surface area (Å²) in [6.07, 6.45) is 0.576. The minimum Gasteiger partial charge on any atom is -0.481 e. The number of hydrogen-bond acceptors (Lipinski definition) is 1. The maximum atomic E-state index is 11.2. The van der Waals surface area contributed by atoms with E-state index in [1.807, 2.05) is 44.2 Å². The third-order valence-electron chi connectivity index (χ3n) is 2.19. The van der Waals surface area contributed by atoms with Crippen molar-refractivity contribution in [3.8, 4) is 0 Å². The Bertz CT molecular complexity index is 327. The van der Waals surface area contributed by atoms with Gasteiger partial charge in [-0.15, -0.1) is 0 Å². The number of alkyl halides is 1. The zero-order valence-electron chi connectivity index (χ0n) is 8.90. The molecule has 1 unspecified atom stereocenters. The number of benzene rings is 1. The van der Waals surface area contributed by atoms with Crippen LogP contribution in [0.4, 0.5) is 0 Å². The summed E-state index contributed by atoms with van der Waals surface area (Å²) in [4.78, 5) is 11.2. The van der Waals surface area contributed by atoms with Gasteiger partial charge in [0, 0.05) is 4.32 Å². The summed E-state index contributed by atoms with van der Waals surface area (Å²) >= 11 is 3.48. The molecule has 82 valence electrons. The Balaban J connectivity index is 2.90. The molecule has 0 saturated carbocycles. The summed E-state index contributed by atoms with van der Waals surface area (Å²) in [5.74, 6) is -1.21. The van der Waals surface area contributed by atoms with Gasteiger partial charge in [0.2, 0.25) is 0 Å². The van der Waals surface area contributed by atoms with Crippen LogP contribution in [-0.4, -0.2) is 15.4 Å². The standard InChI is InChI=1S/C12H15BrO2/c1-12(2,13)8-10(11(14)15)9-6-4-3-5-7-9/h3-7,10H,8H2,1-2H3,(H,14,15). The number of carboxylic acid groups (broad SMARTS) is 1. The van der Waals surface area contributed by atoms with Crippen molar-refractivity contribution in [3.63, 3.8) is 0 Å². The molecule has 0 amide bonds. The van der Waals surface area contributed by atoms with E-state index in [-0.39, 0.29) is 4.32 Å². The molecule has 0 aliphatic carbocycles. The van der Waals surface area contributed by atoms with Crippen LogP contribution in [0, 0.1) is 0 Å². The highest BCUT2D eigenvalue weighted by Gasteiger charge is 2.26. The van der Waals surface area contributed by atoms with Crippen LogP contribution in [0.1, 0.15) is 31.7 Å². The third-order valence-corrected chi connectivity index (χ3v) is 2.51. The molecule has 0 aliphatic heterocycles. The van der Waals surface area contributed by atoms with E-state index in [4.69, 9.17) is 5.11 Å². The minimum atomic E-state index is -0.770. The van der Waals surface area contributed by atoms with Crippen molar-refractivity contribution in [1.82, 2.24) is 0 Å². The van der Waals surface area contributed by atoms with E-state index >= 15 is 0 Å². The normalized spacial score (nSPS) is 13.5. The van der Waals surface area contributed by atoms with Crippen molar-refractivity contribution < 1.29 is 9.90 Å². The van der Waals surface area contributed by atoms with Gasteiger partial charge < -0.3 is 5.11 Å². The van der Waals surface area contributed by atoms with Gasteiger partial charge in [0.05, 0.1) is 5.92 Å². The SMILES string of the molecule is CC(C)(Br)CC(C(=O)O)c1ccccc1. The maximum Gasteiger partial charge on any atom is 0.311 e. The molecule has 0 heterocycles. The van der Waals surface area contributed by atoms with Crippen molar-refractivity contribution >= 4 is 21.9 Å². The summed E-state index contributed by atoms with van der Waals surface area (Å²) in [6, 6.07) is 9.34. The Kier molecular flexibility index (Phi) is 3.91. The van der Waals surface area contributed by atoms with Crippen molar-refractivity contribution in [2.45, 2.75) is 30.5 Å². The maximum absolute atomic E-state index is 11.2. The molecule has 0 fully saturated rings. The topological polar surface area (TPSA) is 37.3 Å². The summed E-state index contributed by atoms with van der Waals surface area (Å²) in [7, 11) is 0. The lowest BCUT2D eigenvalue weighted by Crippen LogP contribution is -2.21. The molecular formula is C12H15BrO2. The summed E-state index contributed by atoms with van der Waals surface area (Å²) < 4.78 is -0.161. The number of carbonyl (C=O) groups is 1. The molecule has 1 N–H and O–H groups in total. The van der Waals surface area contributed by atoms with Gasteiger partial charge in [-0.05, 0) is 12.0 Å². The van der Waals surface area contributed by atoms with Crippen LogP contribution < -0.4 is 0 Å². The quantitative estimate of drug-likeness (QED) is 0.852. The summed E-state index contributed by atoms with van der Waals surface area (Å²) in [6.45, 7) is 3.96. The molecule has 1 atom stereocenters. The fourth-order valence-electron chi connectivity index (χ4n) is 1.52. The van der Waals surface area contributed by atoms with E-state index in [9.17, 15) is 4.79 Å². The number of halogens is 1. The van der Waals surface area contributed by atoms with Gasteiger partial charge in [-0.1, -0.05) is 60.1 Å². The third kappa shape index (κ3) is 4.04. The molecule has 15 heavy (non-hydrogen) atoms. The Labute approximate surface area is 98.4 Å². The molecule has 0 radical (unpaired) electrons. The molecule has 1 rings (SSSR count). The molecule has 0 aliphatic rings. The largest absolute Gasteiger partial charge is 0.481 e. The number of aliphatic carboxylic acids is 1. The van der Waals surface area contributed by atoms with Crippen LogP contribution in [0.25, 0.3) is 0 Å². The van der Waals surface area contributed by atoms with Crippen LogP contribution in [0.2, 0.25) is 0 Å². The average molecular weight is 271 g/mol. The van der Waals surface area contributed by atoms with Crippen LogP contribution >= 0.6 is 15.9 Å². The Morgan fingerprint density at radius 3 is 2.33 bits per heavy atom. The first-order valence-electron chi connectivity index (χ1n) is 4.87. The lowest BCUT2D eigenvalue weighted by molar-refractivity contribution is -0.139. The second-order valence-electron chi connectivity index (χ2n) is 4.22. The predicted octanol–water partition coefficient (Wildman–Crippen LogP) is 3.42. The molecule has 3 heteroatoms. The van der Waals surface area contributed by atoms with Gasteiger partial charge in [-0.2, -0.15) is 0 Å². The second-order valence-corrected chi connectivity index (χ2v) is 6.37. The highest BCUT2D eigenvalue weighted by Crippen LogP contribution is 2.31. The Hall–Kier alpha value is -0.830. The first kappa shape index (κ1) is 12.2. The monoisotopic (exact) mass is 270 g/mol. The van der Waals surface area contributed by atoms with Gasteiger partial charge in [0.25, 0.3) is 0 Å². The van der Waals surface area contributed by atoms with Gasteiger partial charge >= 0.3 is 5.97 Å². The van der Waals surface area contributed by atoms with E-state index in [0.717, 1.165) is 5.56 Å². The number of carboxylic acids is 1. The molecule has 0 saturated heterocycles. The first-order valence-corrected chi connectivity index (χ1v) is 5.66. The Morgan fingerprint density at radius 2 is 1.93 bits per heavy atom. The molecular weight excluding hydrogens is 256 g/mol. The lowest BCUT2D eigenvalue weighted by Gasteiger charge is -2.21. The van der Waals surface area contributed by atoms with E-state index in [1.54, 1.807) is 0 Å². The zero-order chi connectivity index (χ0) is 11.5. The van der Waals surface area contributed by atoms with Crippen LogP contribution in [0.3, 0.4) is 0 Å². The van der Waals surface area contributed by atoms with E-state index in [0.29, 0.717) is 6.42 Å². The lowest BCUT2D eigenvalue weighted by atomic mass is 9.90. The van der Waals surface area contributed by atoms with Crippen molar-refractivity contribution in [1.29, 1.82) is 0 Å². The van der Waals surface area contributed by atoms with E-state index < -0.39 is 11.9 Å². The molecule has 2 nitrogen and oxygen atoms in total. The van der Waals surface area contributed by atoms with Crippen molar-refractivity contribution in [3.05, 3.63) is 35.9 Å². The van der Waals surface area contributed by atoms with Crippen LogP contribution in [0.15, 0.2) is 30.3 Å². The predicted molar refractivity (Wildman–Crippen MR) is 64.4 cm³/mol. The zero-order valence-corrected chi connectivity index (χ0v) is 10.5. The van der Waals surface area contributed by atoms with Crippen LogP contribution in [0.5, 0.6) is 0 Å². The first-order chi connectivity index (χ1) is 6.90. The Morgan fingerprint density at radius 1 is 1.40 bits per heavy atom. The summed E-state index contributed by atoms with van der Waals surface area (Å²) in [5, 5.41) is 9.17. The highest BCUT2D eigenvalue weighted by molar-refractivity contribution is 9.10. The number of hydrogen-bond donors (Lipinski definition) is 1. The van der Waals surface area contributed by atoms with E-state index in [2.05, 4.69) is 15.9 Å². The molecule has 1 aromatic carbocycles. The second kappa shape index (κ2) is 4.79. The van der Waals surface area contributed by atoms with Gasteiger partial charge in [-0.3, -0.25) is 4.79 Å². The fraction of sp³-hybridized carbons (Fsp3) is 0.417. The molecule has 0 aromatic heterocycles. The van der Waals surface area contributed by atoms with Crippen LogP contribution in [-0.2, 0) is 4.79 Å². The fourth-order valence-corrected chi connectivity index (χ4v) is 1.84. The highest BCUT2D eigenvalue weighted by atomic mass is 79.9. The summed E-state index contributed by atoms with van der Waals surface area (Å²) in [5.41, 5.74) is 0.859. The van der Waals surface area contributed by atoms with Gasteiger partial charge in [0.15, 0.2) is 0 Å². The average Bonchev–Trinajstić information content (AvgIpc) is 2.14.